The van der Waals surface area contributed by atoms with Crippen LogP contribution in [-0.4, -0.2) is 23.5 Å². The largest absolute Gasteiger partial charge is 0.371 e. The number of nitrogens with one attached hydrogen (secondary N) is 2. The number of aromatic amines is 1. The van der Waals surface area contributed by atoms with Gasteiger partial charge in [-0.15, -0.1) is 0 Å². The Hall–Kier alpha value is -2.92. The van der Waals surface area contributed by atoms with Gasteiger partial charge in [0.2, 0.25) is 5.56 Å². The molecular formula is C20H18N2O3. The maximum absolute atomic E-state index is 12.6. The fraction of sp³-hybridized carbons (Fsp3) is 0.200. The van der Waals surface area contributed by atoms with Gasteiger partial charge in [-0.1, -0.05) is 42.5 Å². The number of carbonyl (C=O) groups excluding carboxylic acids is 1. The first-order valence-corrected chi connectivity index (χ1v) is 8.29. The van der Waals surface area contributed by atoms with Crippen LogP contribution in [0.5, 0.6) is 0 Å². The SMILES string of the molecule is O=C(NCC1Cc2ccccc2CO1)c1cc(=O)[nH]c2ccccc12. The lowest BCUT2D eigenvalue weighted by Crippen LogP contribution is -2.37. The molecule has 1 atom stereocenters. The number of ether oxygens (including phenoxy) is 1. The summed E-state index contributed by atoms with van der Waals surface area (Å²) in [5.74, 6) is -0.259. The van der Waals surface area contributed by atoms with Gasteiger partial charge in [0.05, 0.1) is 18.3 Å². The fourth-order valence-electron chi connectivity index (χ4n) is 3.23. The Labute approximate surface area is 144 Å². The third-order valence-corrected chi connectivity index (χ3v) is 4.53. The van der Waals surface area contributed by atoms with E-state index in [0.717, 1.165) is 11.8 Å². The summed E-state index contributed by atoms with van der Waals surface area (Å²) in [7, 11) is 0. The molecule has 5 nitrogen and oxygen atoms in total. The highest BCUT2D eigenvalue weighted by Crippen LogP contribution is 2.20. The van der Waals surface area contributed by atoms with Gasteiger partial charge >= 0.3 is 0 Å². The molecule has 1 unspecified atom stereocenters. The Balaban J connectivity index is 1.49. The Morgan fingerprint density at radius 3 is 2.76 bits per heavy atom. The van der Waals surface area contributed by atoms with Crippen molar-refractivity contribution in [3.05, 3.63) is 81.6 Å². The van der Waals surface area contributed by atoms with Crippen molar-refractivity contribution in [3.63, 3.8) is 0 Å². The lowest BCUT2D eigenvalue weighted by molar-refractivity contribution is 0.0285. The molecule has 0 fully saturated rings. The molecule has 2 aromatic carbocycles. The van der Waals surface area contributed by atoms with Gasteiger partial charge in [-0.05, 0) is 17.2 Å². The quantitative estimate of drug-likeness (QED) is 0.773. The second kappa shape index (κ2) is 6.53. The van der Waals surface area contributed by atoms with E-state index in [4.69, 9.17) is 4.74 Å². The minimum absolute atomic E-state index is 0.0629. The van der Waals surface area contributed by atoms with Crippen LogP contribution in [0.3, 0.4) is 0 Å². The van der Waals surface area contributed by atoms with E-state index in [1.54, 1.807) is 6.07 Å². The summed E-state index contributed by atoms with van der Waals surface area (Å²) < 4.78 is 5.82. The third kappa shape index (κ3) is 3.19. The van der Waals surface area contributed by atoms with Crippen molar-refractivity contribution < 1.29 is 9.53 Å². The van der Waals surface area contributed by atoms with Crippen LogP contribution in [0.15, 0.2) is 59.4 Å². The minimum Gasteiger partial charge on any atom is -0.371 e. The number of para-hydroxylation sites is 1. The van der Waals surface area contributed by atoms with Gasteiger partial charge < -0.3 is 15.0 Å². The van der Waals surface area contributed by atoms with Crippen molar-refractivity contribution in [1.82, 2.24) is 10.3 Å². The molecule has 0 spiro atoms. The smallest absolute Gasteiger partial charge is 0.252 e. The van der Waals surface area contributed by atoms with Crippen LogP contribution in [0.2, 0.25) is 0 Å². The summed E-state index contributed by atoms with van der Waals surface area (Å²) in [6.07, 6.45) is 0.708. The standard InChI is InChI=1S/C20H18N2O3/c23-19-10-17(16-7-3-4-8-18(16)22-19)20(24)21-11-15-9-13-5-1-2-6-14(13)12-25-15/h1-8,10,15H,9,11-12H2,(H,21,24)(H,22,23). The lowest BCUT2D eigenvalue weighted by Gasteiger charge is -2.25. The number of carbonyl (C=O) groups is 1. The van der Waals surface area contributed by atoms with Gasteiger partial charge in [0.25, 0.3) is 5.91 Å². The van der Waals surface area contributed by atoms with Gasteiger partial charge in [0.15, 0.2) is 0 Å². The maximum atomic E-state index is 12.6. The molecule has 0 radical (unpaired) electrons. The van der Waals surface area contributed by atoms with E-state index in [9.17, 15) is 9.59 Å². The van der Waals surface area contributed by atoms with Gasteiger partial charge in [0.1, 0.15) is 0 Å². The number of aromatic nitrogens is 1. The van der Waals surface area contributed by atoms with E-state index >= 15 is 0 Å². The molecular weight excluding hydrogens is 316 g/mol. The first-order valence-electron chi connectivity index (χ1n) is 8.29. The van der Waals surface area contributed by atoms with E-state index in [1.807, 2.05) is 30.3 Å². The van der Waals surface area contributed by atoms with Crippen LogP contribution >= 0.6 is 0 Å². The summed E-state index contributed by atoms with van der Waals surface area (Å²) in [6, 6.07) is 16.8. The van der Waals surface area contributed by atoms with Crippen molar-refractivity contribution in [3.8, 4) is 0 Å². The first-order chi connectivity index (χ1) is 12.2. The van der Waals surface area contributed by atoms with Crippen LogP contribution in [-0.2, 0) is 17.8 Å². The van der Waals surface area contributed by atoms with Gasteiger partial charge in [-0.3, -0.25) is 9.59 Å². The molecule has 2 N–H and O–H groups in total. The molecule has 25 heavy (non-hydrogen) atoms. The van der Waals surface area contributed by atoms with E-state index in [0.29, 0.717) is 24.2 Å². The monoisotopic (exact) mass is 334 g/mol. The Morgan fingerprint density at radius 2 is 1.88 bits per heavy atom. The summed E-state index contributed by atoms with van der Waals surface area (Å²) >= 11 is 0. The Kier molecular flexibility index (Phi) is 4.07. The molecule has 1 aromatic heterocycles. The zero-order chi connectivity index (χ0) is 17.2. The molecule has 1 amide bonds. The second-order valence-corrected chi connectivity index (χ2v) is 6.21. The topological polar surface area (TPSA) is 71.2 Å². The number of hydrogen-bond acceptors (Lipinski definition) is 3. The van der Waals surface area contributed by atoms with E-state index in [2.05, 4.69) is 22.4 Å². The molecule has 3 aromatic rings. The second-order valence-electron chi connectivity index (χ2n) is 6.21. The molecule has 5 heteroatoms. The van der Waals surface area contributed by atoms with Crippen molar-refractivity contribution in [1.29, 1.82) is 0 Å². The molecule has 1 aliphatic heterocycles. The van der Waals surface area contributed by atoms with Crippen molar-refractivity contribution >= 4 is 16.8 Å². The zero-order valence-electron chi connectivity index (χ0n) is 13.6. The van der Waals surface area contributed by atoms with Crippen LogP contribution in [0.4, 0.5) is 0 Å². The van der Waals surface area contributed by atoms with Crippen molar-refractivity contribution in [2.24, 2.45) is 0 Å². The first kappa shape index (κ1) is 15.6. The molecule has 0 aliphatic carbocycles. The van der Waals surface area contributed by atoms with Crippen LogP contribution in [0.1, 0.15) is 21.5 Å². The molecule has 126 valence electrons. The molecule has 0 saturated heterocycles. The molecule has 0 bridgehead atoms. The molecule has 4 rings (SSSR count). The highest BCUT2D eigenvalue weighted by molar-refractivity contribution is 6.05. The lowest BCUT2D eigenvalue weighted by atomic mass is 9.99. The molecule has 0 saturated carbocycles. The summed E-state index contributed by atoms with van der Waals surface area (Å²) in [5, 5.41) is 3.63. The predicted octanol–water partition coefficient (Wildman–Crippen LogP) is 2.40. The van der Waals surface area contributed by atoms with Crippen LogP contribution in [0, 0.1) is 0 Å². The Morgan fingerprint density at radius 1 is 1.12 bits per heavy atom. The van der Waals surface area contributed by atoms with Gasteiger partial charge in [-0.2, -0.15) is 0 Å². The number of pyridine rings is 1. The number of benzene rings is 2. The van der Waals surface area contributed by atoms with Gasteiger partial charge in [0, 0.05) is 29.9 Å². The van der Waals surface area contributed by atoms with E-state index < -0.39 is 0 Å². The van der Waals surface area contributed by atoms with E-state index in [-0.39, 0.29) is 17.6 Å². The summed E-state index contributed by atoms with van der Waals surface area (Å²) in [4.78, 5) is 27.1. The van der Waals surface area contributed by atoms with Crippen molar-refractivity contribution in [2.45, 2.75) is 19.1 Å². The molecule has 1 aliphatic rings. The summed E-state index contributed by atoms with van der Waals surface area (Å²) in [6.45, 7) is 0.971. The number of amides is 1. The number of hydrogen-bond donors (Lipinski definition) is 2. The van der Waals surface area contributed by atoms with Crippen molar-refractivity contribution in [2.75, 3.05) is 6.54 Å². The molecule has 2 heterocycles. The number of rotatable bonds is 3. The normalized spacial score (nSPS) is 16.4. The third-order valence-electron chi connectivity index (χ3n) is 4.53. The number of fused-ring (bicyclic) bond motifs is 2. The Bertz CT molecular complexity index is 993. The highest BCUT2D eigenvalue weighted by Gasteiger charge is 2.20. The van der Waals surface area contributed by atoms with Crippen LogP contribution < -0.4 is 10.9 Å². The van der Waals surface area contributed by atoms with Gasteiger partial charge in [-0.25, -0.2) is 0 Å². The van der Waals surface area contributed by atoms with E-state index in [1.165, 1.54) is 17.2 Å². The zero-order valence-corrected chi connectivity index (χ0v) is 13.6. The number of H-pyrrole nitrogens is 1. The van der Waals surface area contributed by atoms with Crippen LogP contribution in [0.25, 0.3) is 10.9 Å². The predicted molar refractivity (Wildman–Crippen MR) is 95.6 cm³/mol. The fourth-order valence-corrected chi connectivity index (χ4v) is 3.23. The summed E-state index contributed by atoms with van der Waals surface area (Å²) in [5.41, 5.74) is 3.21. The average Bonchev–Trinajstić information content (AvgIpc) is 2.65. The highest BCUT2D eigenvalue weighted by atomic mass is 16.5. The minimum atomic E-state index is -0.285. The average molecular weight is 334 g/mol. The maximum Gasteiger partial charge on any atom is 0.252 e.